The van der Waals surface area contributed by atoms with E-state index in [1.807, 2.05) is 0 Å². The fourth-order valence-corrected chi connectivity index (χ4v) is 3.56. The van der Waals surface area contributed by atoms with Gasteiger partial charge >= 0.3 is 0 Å². The number of para-hydroxylation sites is 1. The van der Waals surface area contributed by atoms with Crippen LogP contribution in [0.15, 0.2) is 48.8 Å². The summed E-state index contributed by atoms with van der Waals surface area (Å²) in [6, 6.07) is 9.30. The third kappa shape index (κ3) is 6.99. The van der Waals surface area contributed by atoms with Gasteiger partial charge in [0.1, 0.15) is 17.5 Å². The molecule has 0 fully saturated rings. The summed E-state index contributed by atoms with van der Waals surface area (Å²) in [6.45, 7) is 5.95. The van der Waals surface area contributed by atoms with E-state index in [2.05, 4.69) is 31.2 Å². The summed E-state index contributed by atoms with van der Waals surface area (Å²) in [4.78, 5) is 13.2. The van der Waals surface area contributed by atoms with Crippen LogP contribution in [0, 0.1) is 5.41 Å². The van der Waals surface area contributed by atoms with Gasteiger partial charge in [-0.1, -0.05) is 44.5 Å². The molecule has 1 unspecified atom stereocenters. The number of nitrogens with one attached hydrogen (secondary N) is 1. The molecule has 0 aliphatic heterocycles. The number of hydrogen-bond donors (Lipinski definition) is 4. The first-order valence-corrected chi connectivity index (χ1v) is 11.4. The number of hydrogen-bond acceptors (Lipinski definition) is 6. The predicted molar refractivity (Wildman–Crippen MR) is 129 cm³/mol. The van der Waals surface area contributed by atoms with Crippen molar-refractivity contribution in [3.8, 4) is 17.4 Å². The van der Waals surface area contributed by atoms with Crippen molar-refractivity contribution in [1.82, 2.24) is 14.3 Å². The van der Waals surface area contributed by atoms with Crippen molar-refractivity contribution in [3.05, 3.63) is 53.8 Å². The molecule has 0 bridgehead atoms. The molecule has 184 valence electrons. The number of aliphatic hydroxyl groups excluding tert-OH is 2. The summed E-state index contributed by atoms with van der Waals surface area (Å²) >= 11 is 6.17. The molecule has 2 heterocycles. The number of amides is 1. The van der Waals surface area contributed by atoms with Crippen molar-refractivity contribution in [3.63, 3.8) is 0 Å². The van der Waals surface area contributed by atoms with Crippen LogP contribution in [0.4, 0.5) is 5.82 Å². The fourth-order valence-electron chi connectivity index (χ4n) is 3.38. The molecule has 3 aromatic rings. The molecule has 0 aliphatic rings. The number of nitrogens with zero attached hydrogens (tertiary/aromatic N) is 3. The first-order valence-electron chi connectivity index (χ1n) is 11.0. The van der Waals surface area contributed by atoms with Crippen LogP contribution in [-0.2, 0) is 11.3 Å². The first-order chi connectivity index (χ1) is 16.1. The Balaban J connectivity index is 1.81. The van der Waals surface area contributed by atoms with Crippen molar-refractivity contribution in [2.75, 3.05) is 11.9 Å². The second-order valence-electron chi connectivity index (χ2n) is 9.34. The highest BCUT2D eigenvalue weighted by molar-refractivity contribution is 6.32. The van der Waals surface area contributed by atoms with E-state index in [4.69, 9.17) is 21.4 Å². The van der Waals surface area contributed by atoms with Gasteiger partial charge in [0, 0.05) is 18.3 Å². The Bertz CT molecular complexity index is 1100. The zero-order chi connectivity index (χ0) is 24.9. The fraction of sp³-hybridized carbons (Fsp3) is 0.417. The largest absolute Gasteiger partial charge is 0.494 e. The van der Waals surface area contributed by atoms with Gasteiger partial charge in [-0.2, -0.15) is 5.10 Å². The molecule has 10 heteroatoms. The summed E-state index contributed by atoms with van der Waals surface area (Å²) in [7, 11) is 0. The van der Waals surface area contributed by atoms with Crippen LogP contribution in [0.2, 0.25) is 5.02 Å². The van der Waals surface area contributed by atoms with Crippen LogP contribution in [0.3, 0.4) is 0 Å². The smallest absolute Gasteiger partial charge is 0.248 e. The number of benzene rings is 1. The van der Waals surface area contributed by atoms with E-state index in [0.717, 1.165) is 6.42 Å². The lowest BCUT2D eigenvalue weighted by atomic mass is 9.88. The van der Waals surface area contributed by atoms with Crippen LogP contribution in [0.25, 0.3) is 0 Å². The minimum absolute atomic E-state index is 0.0276. The third-order valence-electron chi connectivity index (χ3n) is 5.17. The molecule has 9 nitrogen and oxygen atoms in total. The van der Waals surface area contributed by atoms with Crippen LogP contribution >= 0.6 is 11.6 Å². The van der Waals surface area contributed by atoms with E-state index in [9.17, 15) is 15.0 Å². The Morgan fingerprint density at radius 3 is 2.68 bits per heavy atom. The Hall–Kier alpha value is -3.01. The van der Waals surface area contributed by atoms with E-state index in [1.165, 1.54) is 15.3 Å². The summed E-state index contributed by atoms with van der Waals surface area (Å²) in [5, 5.41) is 36.6. The number of carbonyl (C=O) groups is 1. The van der Waals surface area contributed by atoms with Crippen molar-refractivity contribution >= 4 is 23.3 Å². The van der Waals surface area contributed by atoms with E-state index >= 15 is 0 Å². The normalized spacial score (nSPS) is 13.5. The summed E-state index contributed by atoms with van der Waals surface area (Å²) < 4.78 is 8.72. The highest BCUT2D eigenvalue weighted by Gasteiger charge is 2.26. The maximum absolute atomic E-state index is 13.2. The van der Waals surface area contributed by atoms with Gasteiger partial charge in [-0.3, -0.25) is 9.48 Å². The standard InChI is InChI=1S/C24H31ClN4O5/c1-24(2,3)10-8-19(23(33)26-21-9-11-28(27-21)13-16(31)15-30)29-14-17(12-22(29)32)34-20-7-5-4-6-18(20)25/h4-7,9,11-12,14,16,19,30-32H,8,10,13,15H2,1-3H3,(H,26,27,33)/t16-,19?/m1/s1. The van der Waals surface area contributed by atoms with Gasteiger partial charge in [0.25, 0.3) is 0 Å². The topological polar surface area (TPSA) is 122 Å². The summed E-state index contributed by atoms with van der Waals surface area (Å²) in [5.41, 5.74) is -0.0276. The molecule has 1 amide bonds. The van der Waals surface area contributed by atoms with Crippen molar-refractivity contribution in [2.24, 2.45) is 5.41 Å². The van der Waals surface area contributed by atoms with E-state index in [0.29, 0.717) is 28.8 Å². The van der Waals surface area contributed by atoms with Crippen molar-refractivity contribution in [2.45, 2.75) is 52.3 Å². The van der Waals surface area contributed by atoms with E-state index in [-0.39, 0.29) is 30.4 Å². The first kappa shape index (κ1) is 25.6. The van der Waals surface area contributed by atoms with Gasteiger partial charge in [-0.25, -0.2) is 0 Å². The molecule has 4 N–H and O–H groups in total. The van der Waals surface area contributed by atoms with E-state index in [1.54, 1.807) is 42.7 Å². The summed E-state index contributed by atoms with van der Waals surface area (Å²) in [5.74, 6) is 0.615. The molecule has 0 spiro atoms. The Kier molecular flexibility index (Phi) is 8.24. The lowest BCUT2D eigenvalue weighted by molar-refractivity contribution is -0.119. The maximum Gasteiger partial charge on any atom is 0.248 e. The lowest BCUT2D eigenvalue weighted by Gasteiger charge is -2.24. The average Bonchev–Trinajstić information content (AvgIpc) is 3.35. The second kappa shape index (κ2) is 10.9. The van der Waals surface area contributed by atoms with Gasteiger partial charge in [-0.05, 0) is 30.4 Å². The number of anilines is 1. The zero-order valence-electron chi connectivity index (χ0n) is 19.5. The van der Waals surface area contributed by atoms with Gasteiger partial charge in [-0.15, -0.1) is 0 Å². The lowest BCUT2D eigenvalue weighted by Crippen LogP contribution is -2.27. The van der Waals surface area contributed by atoms with Crippen LogP contribution < -0.4 is 10.1 Å². The van der Waals surface area contributed by atoms with Crippen molar-refractivity contribution < 1.29 is 24.9 Å². The average molecular weight is 491 g/mol. The molecule has 0 radical (unpaired) electrons. The maximum atomic E-state index is 13.2. The highest BCUT2D eigenvalue weighted by Crippen LogP contribution is 2.35. The van der Waals surface area contributed by atoms with E-state index < -0.39 is 12.1 Å². The van der Waals surface area contributed by atoms with Gasteiger partial charge in [0.2, 0.25) is 5.91 Å². The number of aromatic hydroxyl groups is 1. The van der Waals surface area contributed by atoms with Gasteiger partial charge in [0.15, 0.2) is 11.7 Å². The SMILES string of the molecule is CC(C)(C)CCC(C(=O)Nc1ccn(C[C@@H](O)CO)n1)n1cc(Oc2ccccc2Cl)cc1O. The predicted octanol–water partition coefficient (Wildman–Crippen LogP) is 4.20. The molecule has 0 saturated carbocycles. The number of aliphatic hydroxyl groups is 2. The van der Waals surface area contributed by atoms with Gasteiger partial charge in [0.05, 0.1) is 30.5 Å². The Morgan fingerprint density at radius 2 is 2.00 bits per heavy atom. The zero-order valence-corrected chi connectivity index (χ0v) is 20.2. The molecule has 0 aliphatic carbocycles. The monoisotopic (exact) mass is 490 g/mol. The molecule has 34 heavy (non-hydrogen) atoms. The number of rotatable bonds is 10. The molecule has 2 atom stereocenters. The Labute approximate surface area is 203 Å². The molecule has 2 aromatic heterocycles. The number of ether oxygens (including phenoxy) is 1. The molecular weight excluding hydrogens is 460 g/mol. The molecule has 1 aromatic carbocycles. The minimum atomic E-state index is -0.948. The third-order valence-corrected chi connectivity index (χ3v) is 5.49. The van der Waals surface area contributed by atoms with Crippen molar-refractivity contribution in [1.29, 1.82) is 0 Å². The number of carbonyl (C=O) groups excluding carboxylic acids is 1. The molecule has 0 saturated heterocycles. The molecular formula is C24H31ClN4O5. The molecule has 3 rings (SSSR count). The van der Waals surface area contributed by atoms with Crippen LogP contribution in [0.1, 0.15) is 39.7 Å². The Morgan fingerprint density at radius 1 is 1.26 bits per heavy atom. The number of aromatic nitrogens is 3. The van der Waals surface area contributed by atoms with Crippen LogP contribution in [0.5, 0.6) is 17.4 Å². The highest BCUT2D eigenvalue weighted by atomic mass is 35.5. The second-order valence-corrected chi connectivity index (χ2v) is 9.74. The van der Waals surface area contributed by atoms with Crippen LogP contribution in [-0.4, -0.2) is 48.3 Å². The minimum Gasteiger partial charge on any atom is -0.494 e. The summed E-state index contributed by atoms with van der Waals surface area (Å²) in [6.07, 6.45) is 3.41. The quantitative estimate of drug-likeness (QED) is 0.338. The number of halogens is 1. The van der Waals surface area contributed by atoms with Gasteiger partial charge < -0.3 is 29.9 Å².